The Labute approximate surface area is 253 Å². The molecule has 0 aliphatic carbocycles. The summed E-state index contributed by atoms with van der Waals surface area (Å²) in [7, 11) is 3.30. The van der Waals surface area contributed by atoms with Crippen molar-refractivity contribution >= 4 is 16.7 Å². The lowest BCUT2D eigenvalue weighted by Crippen LogP contribution is -2.34. The normalized spacial score (nSPS) is 12.2. The molecule has 43 heavy (non-hydrogen) atoms. The lowest BCUT2D eigenvalue weighted by molar-refractivity contribution is -0.0478. The molecule has 0 spiro atoms. The molecule has 0 unspecified atom stereocenters. The Balaban J connectivity index is 1.74. The average molecular weight is 577 g/mol. The molecule has 1 atom stereocenters. The molecule has 0 saturated carbocycles. The number of methoxy groups -OCH3 is 2. The van der Waals surface area contributed by atoms with Crippen LogP contribution in [0.25, 0.3) is 11.0 Å². The zero-order valence-corrected chi connectivity index (χ0v) is 25.2. The fraction of sp³-hybridized carbons (Fsp3) is 0.243. The molecule has 0 saturated heterocycles. The van der Waals surface area contributed by atoms with Gasteiger partial charge in [0.25, 0.3) is 0 Å². The summed E-state index contributed by atoms with van der Waals surface area (Å²) in [6.45, 7) is 10.2. The number of hydrogen-bond donors (Lipinski definition) is 0. The molecule has 0 aliphatic heterocycles. The van der Waals surface area contributed by atoms with Gasteiger partial charge >= 0.3 is 5.63 Å². The minimum atomic E-state index is -1.06. The highest BCUT2D eigenvalue weighted by atomic mass is 16.5. The summed E-state index contributed by atoms with van der Waals surface area (Å²) in [5.41, 5.74) is 3.49. The Bertz CT molecular complexity index is 1640. The van der Waals surface area contributed by atoms with Gasteiger partial charge in [-0.3, -0.25) is 0 Å². The van der Waals surface area contributed by atoms with E-state index in [2.05, 4.69) is 43.9 Å². The van der Waals surface area contributed by atoms with Gasteiger partial charge in [0.15, 0.2) is 0 Å². The van der Waals surface area contributed by atoms with E-state index in [1.807, 2.05) is 78.9 Å². The Hall–Kier alpha value is -4.55. The number of hydrogen-bond acceptors (Lipinski definition) is 6. The molecular formula is C37H38NO5. The molecule has 221 valence electrons. The van der Waals surface area contributed by atoms with Crippen molar-refractivity contribution in [1.82, 2.24) is 0 Å². The number of rotatable bonds is 12. The minimum Gasteiger partial charge on any atom is -0.497 e. The smallest absolute Gasteiger partial charge is 0.336 e. The van der Waals surface area contributed by atoms with Crippen molar-refractivity contribution in [3.8, 4) is 11.5 Å². The lowest BCUT2D eigenvalue weighted by Gasteiger charge is -2.39. The second-order valence-electron chi connectivity index (χ2n) is 10.3. The summed E-state index contributed by atoms with van der Waals surface area (Å²) in [6.07, 6.45) is -0.188. The van der Waals surface area contributed by atoms with Crippen molar-refractivity contribution in [1.29, 1.82) is 0 Å². The van der Waals surface area contributed by atoms with E-state index in [0.29, 0.717) is 12.0 Å². The fourth-order valence-electron chi connectivity index (χ4n) is 5.75. The molecule has 0 N–H and O–H groups in total. The minimum absolute atomic E-state index is 0.372. The summed E-state index contributed by atoms with van der Waals surface area (Å²) < 4.78 is 24.0. The lowest BCUT2D eigenvalue weighted by atomic mass is 9.79. The van der Waals surface area contributed by atoms with Crippen molar-refractivity contribution in [2.24, 2.45) is 0 Å². The van der Waals surface area contributed by atoms with Crippen LogP contribution in [0, 0.1) is 6.92 Å². The molecule has 5 rings (SSSR count). The third-order valence-corrected chi connectivity index (χ3v) is 7.99. The quantitative estimate of drug-likeness (QED) is 0.111. The van der Waals surface area contributed by atoms with Gasteiger partial charge in [0.05, 0.1) is 20.3 Å². The first-order valence-electron chi connectivity index (χ1n) is 14.6. The van der Waals surface area contributed by atoms with Crippen molar-refractivity contribution in [3.63, 3.8) is 0 Å². The molecule has 4 aromatic carbocycles. The van der Waals surface area contributed by atoms with Crippen LogP contribution >= 0.6 is 0 Å². The van der Waals surface area contributed by atoms with E-state index in [1.165, 1.54) is 6.07 Å². The summed E-state index contributed by atoms with van der Waals surface area (Å²) >= 11 is 0. The van der Waals surface area contributed by atoms with Gasteiger partial charge < -0.3 is 23.5 Å². The van der Waals surface area contributed by atoms with Crippen molar-refractivity contribution in [2.75, 3.05) is 32.2 Å². The third-order valence-electron chi connectivity index (χ3n) is 7.99. The number of anilines is 1. The van der Waals surface area contributed by atoms with Crippen molar-refractivity contribution in [2.45, 2.75) is 32.0 Å². The zero-order chi connectivity index (χ0) is 30.4. The SMILES string of the molecule is [CH2]C[C@H](OC(c1ccccc1)(c1ccc(OC)cc1)c1ccc(OC)cc1)c1cc(=O)oc2cc(N(CC)CC)ccc12. The zero-order valence-electron chi connectivity index (χ0n) is 25.2. The van der Waals surface area contributed by atoms with Gasteiger partial charge in [-0.25, -0.2) is 4.79 Å². The molecule has 6 nitrogen and oxygen atoms in total. The second-order valence-corrected chi connectivity index (χ2v) is 10.3. The maximum Gasteiger partial charge on any atom is 0.336 e. The first kappa shape index (κ1) is 29.9. The van der Waals surface area contributed by atoms with Gasteiger partial charge in [0.1, 0.15) is 22.7 Å². The number of fused-ring (bicyclic) bond motifs is 1. The highest BCUT2D eigenvalue weighted by Crippen LogP contribution is 2.46. The number of ether oxygens (including phenoxy) is 3. The molecule has 1 radical (unpaired) electrons. The Morgan fingerprint density at radius 1 is 0.767 bits per heavy atom. The topological polar surface area (TPSA) is 61.1 Å². The molecule has 5 aromatic rings. The van der Waals surface area contributed by atoms with E-state index in [9.17, 15) is 4.79 Å². The number of benzene rings is 4. The van der Waals surface area contributed by atoms with Gasteiger partial charge in [-0.05, 0) is 78.9 Å². The monoisotopic (exact) mass is 576 g/mol. The van der Waals surface area contributed by atoms with Crippen LogP contribution in [0.4, 0.5) is 5.69 Å². The van der Waals surface area contributed by atoms with E-state index in [1.54, 1.807) is 14.2 Å². The van der Waals surface area contributed by atoms with Gasteiger partial charge in [0.2, 0.25) is 0 Å². The van der Waals surface area contributed by atoms with E-state index in [4.69, 9.17) is 18.6 Å². The third kappa shape index (κ3) is 5.88. The van der Waals surface area contributed by atoms with E-state index >= 15 is 0 Å². The predicted octanol–water partition coefficient (Wildman–Crippen LogP) is 7.93. The maximum atomic E-state index is 13.0. The standard InChI is InChI=1S/C37H38NO5/c1-6-34(33-25-36(39)42-35-24-29(18-23-32(33)35)38(7-2)8-3)43-37(26-12-10-9-11-13-26,27-14-19-30(40-4)20-15-27)28-16-21-31(41-5)22-17-28/h9-25,34H,1,6-8H2,2-5H3/t34-/m0/s1. The highest BCUT2D eigenvalue weighted by Gasteiger charge is 2.40. The number of nitrogens with zero attached hydrogens (tertiary/aromatic N) is 1. The van der Waals surface area contributed by atoms with E-state index < -0.39 is 17.3 Å². The van der Waals surface area contributed by atoms with Crippen LogP contribution in [0.5, 0.6) is 11.5 Å². The van der Waals surface area contributed by atoms with Crippen LogP contribution < -0.4 is 20.0 Å². The van der Waals surface area contributed by atoms with Gasteiger partial charge in [-0.15, -0.1) is 0 Å². The van der Waals surface area contributed by atoms with Crippen LogP contribution in [0.3, 0.4) is 0 Å². The largest absolute Gasteiger partial charge is 0.497 e. The highest BCUT2D eigenvalue weighted by molar-refractivity contribution is 5.84. The van der Waals surface area contributed by atoms with Crippen LogP contribution in [-0.2, 0) is 10.3 Å². The van der Waals surface area contributed by atoms with Crippen LogP contribution in [0.1, 0.15) is 48.6 Å². The van der Waals surface area contributed by atoms with Gasteiger partial charge in [0, 0.05) is 36.3 Å². The second kappa shape index (κ2) is 13.2. The van der Waals surface area contributed by atoms with Crippen molar-refractivity contribution < 1.29 is 18.6 Å². The van der Waals surface area contributed by atoms with E-state index in [0.717, 1.165) is 57.9 Å². The van der Waals surface area contributed by atoms with E-state index in [-0.39, 0.29) is 0 Å². The van der Waals surface area contributed by atoms with Crippen LogP contribution in [0.2, 0.25) is 0 Å². The predicted molar refractivity (Wildman–Crippen MR) is 172 cm³/mol. The fourth-order valence-corrected chi connectivity index (χ4v) is 5.75. The Morgan fingerprint density at radius 2 is 1.33 bits per heavy atom. The van der Waals surface area contributed by atoms with Gasteiger partial charge in [-0.1, -0.05) is 61.5 Å². The van der Waals surface area contributed by atoms with Crippen molar-refractivity contribution in [3.05, 3.63) is 143 Å². The Morgan fingerprint density at radius 3 is 1.84 bits per heavy atom. The molecule has 0 aliphatic rings. The Kier molecular flexibility index (Phi) is 9.17. The maximum absolute atomic E-state index is 13.0. The molecule has 1 heterocycles. The molecule has 0 fully saturated rings. The molecule has 6 heteroatoms. The summed E-state index contributed by atoms with van der Waals surface area (Å²) in [5, 5.41) is 0.815. The van der Waals surface area contributed by atoms with Crippen LogP contribution in [-0.4, -0.2) is 27.3 Å². The summed E-state index contributed by atoms with van der Waals surface area (Å²) in [5.74, 6) is 1.48. The molecule has 0 amide bonds. The summed E-state index contributed by atoms with van der Waals surface area (Å²) in [4.78, 5) is 15.2. The summed E-state index contributed by atoms with van der Waals surface area (Å²) in [6, 6.07) is 33.4. The molecule has 0 bridgehead atoms. The molecule has 1 aromatic heterocycles. The first-order chi connectivity index (χ1) is 21.0. The van der Waals surface area contributed by atoms with Crippen LogP contribution in [0.15, 0.2) is 112 Å². The molecular weight excluding hydrogens is 538 g/mol. The average Bonchev–Trinajstić information content (AvgIpc) is 3.06. The first-order valence-corrected chi connectivity index (χ1v) is 14.6. The van der Waals surface area contributed by atoms with Gasteiger partial charge in [-0.2, -0.15) is 0 Å².